The van der Waals surface area contributed by atoms with Crippen molar-refractivity contribution in [3.8, 4) is 6.07 Å². The van der Waals surface area contributed by atoms with Crippen LogP contribution in [0, 0.1) is 29.0 Å². The highest BCUT2D eigenvalue weighted by Crippen LogP contribution is 2.37. The Balaban J connectivity index is 1.49. The zero-order valence-corrected chi connectivity index (χ0v) is 28.4. The van der Waals surface area contributed by atoms with E-state index in [0.717, 1.165) is 31.4 Å². The van der Waals surface area contributed by atoms with Crippen LogP contribution in [-0.4, -0.2) is 72.6 Å². The molecule has 2 N–H and O–H groups in total. The van der Waals surface area contributed by atoms with Gasteiger partial charge in [-0.2, -0.15) is 14.0 Å². The summed E-state index contributed by atoms with van der Waals surface area (Å²) in [5.41, 5.74) is -0.217. The van der Waals surface area contributed by atoms with Crippen molar-refractivity contribution < 1.29 is 32.3 Å². The van der Waals surface area contributed by atoms with Crippen molar-refractivity contribution >= 4 is 29.2 Å². The number of nitriles is 1. The Kier molecular flexibility index (Phi) is 13.0. The zero-order chi connectivity index (χ0) is 35.7. The lowest BCUT2D eigenvalue weighted by Gasteiger charge is -2.36. The van der Waals surface area contributed by atoms with Crippen LogP contribution in [0.4, 0.5) is 18.9 Å². The van der Waals surface area contributed by atoms with E-state index in [2.05, 4.69) is 15.5 Å². The molecule has 0 radical (unpaired) electrons. The van der Waals surface area contributed by atoms with E-state index < -0.39 is 53.3 Å². The minimum Gasteiger partial charge on any atom is -0.344 e. The van der Waals surface area contributed by atoms with Gasteiger partial charge in [-0.3, -0.25) is 19.2 Å². The first-order valence-corrected chi connectivity index (χ1v) is 17.1. The summed E-state index contributed by atoms with van der Waals surface area (Å²) in [5, 5.41) is 14.5. The molecular weight excluding hydrogens is 635 g/mol. The summed E-state index contributed by atoms with van der Waals surface area (Å²) in [5.74, 6) is -8.55. The number of Topliss-reactive ketones (excluding diaryl/α,β-unsaturated/α-hetero) is 1. The molecule has 1 heterocycles. The summed E-state index contributed by atoms with van der Waals surface area (Å²) in [7, 11) is 1.97. The lowest BCUT2D eigenvalue weighted by atomic mass is 9.77. The second-order valence-electron chi connectivity index (χ2n) is 13.3. The Hall–Kier alpha value is -4.24. The molecule has 9 nitrogen and oxygen atoms in total. The van der Waals surface area contributed by atoms with E-state index in [-0.39, 0.29) is 41.8 Å². The second-order valence-corrected chi connectivity index (χ2v) is 13.3. The topological polar surface area (TPSA) is 123 Å². The fourth-order valence-electron chi connectivity index (χ4n) is 6.74. The number of hydrogen-bond acceptors (Lipinski definition) is 6. The summed E-state index contributed by atoms with van der Waals surface area (Å²) in [6.45, 7) is 5.85. The van der Waals surface area contributed by atoms with Gasteiger partial charge < -0.3 is 20.4 Å². The van der Waals surface area contributed by atoms with Gasteiger partial charge >= 0.3 is 5.92 Å². The molecule has 264 valence electrons. The predicted molar refractivity (Wildman–Crippen MR) is 179 cm³/mol. The molecule has 2 aliphatic rings. The van der Waals surface area contributed by atoms with E-state index in [4.69, 9.17) is 5.26 Å². The number of alkyl halides is 2. The average molecular weight is 682 g/mol. The van der Waals surface area contributed by atoms with Crippen molar-refractivity contribution in [2.75, 3.05) is 38.5 Å². The van der Waals surface area contributed by atoms with Gasteiger partial charge in [0.2, 0.25) is 23.5 Å². The number of benzene rings is 2. The Morgan fingerprint density at radius 3 is 2.35 bits per heavy atom. The number of nitrogens with one attached hydrogen (secondary N) is 2. The van der Waals surface area contributed by atoms with Gasteiger partial charge in [0.25, 0.3) is 0 Å². The molecule has 3 amide bonds. The molecule has 1 saturated heterocycles. The number of halogens is 3. The number of hydrogen-bond donors (Lipinski definition) is 2. The van der Waals surface area contributed by atoms with Gasteiger partial charge in [-0.15, -0.1) is 0 Å². The monoisotopic (exact) mass is 681 g/mol. The largest absolute Gasteiger partial charge is 0.344 e. The minimum atomic E-state index is -3.83. The van der Waals surface area contributed by atoms with Crippen molar-refractivity contribution in [3.05, 3.63) is 65.0 Å². The highest BCUT2D eigenvalue weighted by molar-refractivity contribution is 5.94. The number of carbonyl (C=O) groups is 4. The molecule has 2 aromatic carbocycles. The molecular formula is C37H46F3N5O4. The van der Waals surface area contributed by atoms with Gasteiger partial charge in [0.1, 0.15) is 11.9 Å². The van der Waals surface area contributed by atoms with Crippen LogP contribution in [0.1, 0.15) is 87.8 Å². The summed E-state index contributed by atoms with van der Waals surface area (Å²) in [4.78, 5) is 56.2. The van der Waals surface area contributed by atoms with Crippen molar-refractivity contribution in [2.24, 2.45) is 11.8 Å². The number of rotatable bonds is 13. The number of ketones is 1. The lowest BCUT2D eigenvalue weighted by molar-refractivity contribution is -0.145. The van der Waals surface area contributed by atoms with Crippen LogP contribution in [0.3, 0.4) is 0 Å². The van der Waals surface area contributed by atoms with Crippen molar-refractivity contribution in [1.29, 1.82) is 5.26 Å². The maximum atomic E-state index is 15.6. The quantitative estimate of drug-likeness (QED) is 0.278. The Labute approximate surface area is 286 Å². The van der Waals surface area contributed by atoms with Crippen LogP contribution in [0.15, 0.2) is 42.5 Å². The number of anilines is 1. The van der Waals surface area contributed by atoms with E-state index in [9.17, 15) is 19.2 Å². The Bertz CT molecular complexity index is 1550. The fraction of sp³-hybridized carbons (Fsp3) is 0.541. The first-order valence-electron chi connectivity index (χ1n) is 17.1. The number of nitrogens with zero attached hydrogens (tertiary/aromatic N) is 3. The Morgan fingerprint density at radius 2 is 1.71 bits per heavy atom. The van der Waals surface area contributed by atoms with Crippen LogP contribution in [-0.2, 0) is 25.1 Å². The highest BCUT2D eigenvalue weighted by atomic mass is 19.3. The van der Waals surface area contributed by atoms with Crippen LogP contribution >= 0.6 is 0 Å². The maximum Gasteiger partial charge on any atom is 0.330 e. The summed E-state index contributed by atoms with van der Waals surface area (Å²) in [6.07, 6.45) is 3.58. The number of carbonyl (C=O) groups excluding carboxylic acids is 4. The molecule has 1 aliphatic carbocycles. The van der Waals surface area contributed by atoms with Crippen LogP contribution in [0.2, 0.25) is 0 Å². The first-order chi connectivity index (χ1) is 23.3. The van der Waals surface area contributed by atoms with Crippen molar-refractivity contribution in [3.63, 3.8) is 0 Å². The number of piperazine rings is 1. The lowest BCUT2D eigenvalue weighted by Crippen LogP contribution is -2.55. The molecule has 0 spiro atoms. The maximum absolute atomic E-state index is 15.6. The summed E-state index contributed by atoms with van der Waals surface area (Å²) < 4.78 is 45.9. The van der Waals surface area contributed by atoms with Gasteiger partial charge in [0, 0.05) is 56.4 Å². The molecule has 1 saturated carbocycles. The molecule has 0 aromatic heterocycles. The van der Waals surface area contributed by atoms with E-state index in [1.54, 1.807) is 30.9 Å². The molecule has 3 atom stereocenters. The van der Waals surface area contributed by atoms with E-state index >= 15 is 13.2 Å². The highest BCUT2D eigenvalue weighted by Gasteiger charge is 2.41. The van der Waals surface area contributed by atoms with E-state index in [0.29, 0.717) is 44.6 Å². The number of likely N-dealkylation sites (N-methyl/N-ethyl adjacent to an activating group) is 1. The smallest absolute Gasteiger partial charge is 0.330 e. The Morgan fingerprint density at radius 1 is 1.02 bits per heavy atom. The molecule has 12 heteroatoms. The SMILES string of the molecule is CCC(=O)N[C@@H](C(=O)N1CCN(C)CC1)[C@@H](C)c1ccc(NC(=O)[C@@H](CCC(=O)C(F)(F)c2cccc(C#N)c2)C2CCCCC2)c(F)c1. The standard InChI is InChI=1S/C37H46F3N5O4/c1-4-33(47)43-34(36(49)45-19-17-44(3)18-20-45)24(2)27-13-15-31(30(38)22-27)42-35(48)29(26-10-6-5-7-11-26)14-16-32(46)37(39,40)28-12-8-9-25(21-28)23-41/h8-9,12-13,15,21-22,24,26,29,34H,4-7,10-11,14,16-20H2,1-3H3,(H,42,48)(H,43,47)/t24-,29-,34+/m0/s1. The molecule has 0 unspecified atom stereocenters. The molecule has 0 bridgehead atoms. The number of amides is 3. The molecule has 49 heavy (non-hydrogen) atoms. The summed E-state index contributed by atoms with van der Waals surface area (Å²) >= 11 is 0. The summed E-state index contributed by atoms with van der Waals surface area (Å²) in [6, 6.07) is 9.86. The van der Waals surface area contributed by atoms with Crippen molar-refractivity contribution in [2.45, 2.75) is 83.1 Å². The van der Waals surface area contributed by atoms with Crippen LogP contribution < -0.4 is 10.6 Å². The van der Waals surface area contributed by atoms with Crippen LogP contribution in [0.25, 0.3) is 0 Å². The zero-order valence-electron chi connectivity index (χ0n) is 28.4. The van der Waals surface area contributed by atoms with Gasteiger partial charge in [0.15, 0.2) is 0 Å². The molecule has 2 fully saturated rings. The van der Waals surface area contributed by atoms with E-state index in [1.165, 1.54) is 24.3 Å². The normalized spacial score (nSPS) is 17.8. The van der Waals surface area contributed by atoms with Gasteiger partial charge in [-0.05, 0) is 62.1 Å². The third-order valence-electron chi connectivity index (χ3n) is 9.94. The third-order valence-corrected chi connectivity index (χ3v) is 9.94. The first kappa shape index (κ1) is 37.6. The van der Waals surface area contributed by atoms with Crippen molar-refractivity contribution in [1.82, 2.24) is 15.1 Å². The van der Waals surface area contributed by atoms with Gasteiger partial charge in [-0.1, -0.05) is 51.3 Å². The fourth-order valence-corrected chi connectivity index (χ4v) is 6.74. The molecule has 4 rings (SSSR count). The van der Waals surface area contributed by atoms with E-state index in [1.807, 2.05) is 7.05 Å². The molecule has 2 aromatic rings. The third kappa shape index (κ3) is 9.47. The van der Waals surface area contributed by atoms with Gasteiger partial charge in [0.05, 0.1) is 17.3 Å². The predicted octanol–water partition coefficient (Wildman–Crippen LogP) is 5.75. The second kappa shape index (κ2) is 16.9. The average Bonchev–Trinajstić information content (AvgIpc) is 3.11. The molecule has 1 aliphatic heterocycles. The minimum absolute atomic E-state index is 0.00902. The van der Waals surface area contributed by atoms with Gasteiger partial charge in [-0.25, -0.2) is 4.39 Å². The van der Waals surface area contributed by atoms with Crippen LogP contribution in [0.5, 0.6) is 0 Å².